The fourth-order valence-electron chi connectivity index (χ4n) is 2.38. The second-order valence-electron chi connectivity index (χ2n) is 6.08. The summed E-state index contributed by atoms with van der Waals surface area (Å²) in [5.74, 6) is -0.444. The minimum atomic E-state index is -3.81. The lowest BCUT2D eigenvalue weighted by Crippen LogP contribution is -2.39. The highest BCUT2D eigenvalue weighted by Gasteiger charge is 2.24. The molecule has 0 heterocycles. The largest absolute Gasteiger partial charge is 0.340 e. The quantitative estimate of drug-likeness (QED) is 0.696. The molecule has 0 spiro atoms. The van der Waals surface area contributed by atoms with Gasteiger partial charge in [0.15, 0.2) is 5.78 Å². The number of benzene rings is 2. The fourth-order valence-corrected chi connectivity index (χ4v) is 3.50. The Morgan fingerprint density at radius 1 is 0.923 bits per heavy atom. The molecule has 0 saturated heterocycles. The van der Waals surface area contributed by atoms with Crippen molar-refractivity contribution in [1.82, 2.24) is 9.21 Å². The monoisotopic (exact) mass is 374 g/mol. The van der Waals surface area contributed by atoms with Gasteiger partial charge in [-0.25, -0.2) is 8.42 Å². The number of hydrogen-bond donors (Lipinski definition) is 0. The van der Waals surface area contributed by atoms with Crippen LogP contribution in [-0.2, 0) is 21.4 Å². The Labute approximate surface area is 154 Å². The van der Waals surface area contributed by atoms with Crippen molar-refractivity contribution < 1.29 is 18.0 Å². The minimum Gasteiger partial charge on any atom is -0.340 e. The van der Waals surface area contributed by atoms with E-state index in [-0.39, 0.29) is 23.1 Å². The lowest BCUT2D eigenvalue weighted by Gasteiger charge is -2.22. The Balaban J connectivity index is 2.05. The Kier molecular flexibility index (Phi) is 6.28. The maximum absolute atomic E-state index is 12.6. The Bertz CT molecular complexity index is 878. The molecule has 0 aliphatic carbocycles. The average molecular weight is 374 g/mol. The zero-order valence-electron chi connectivity index (χ0n) is 15.0. The fraction of sp³-hybridized carbons (Fsp3) is 0.263. The summed E-state index contributed by atoms with van der Waals surface area (Å²) in [4.78, 5) is 25.2. The van der Waals surface area contributed by atoms with Crippen molar-refractivity contribution in [1.29, 1.82) is 0 Å². The zero-order valence-corrected chi connectivity index (χ0v) is 15.9. The molecule has 0 saturated carbocycles. The molecule has 0 bridgehead atoms. The lowest BCUT2D eigenvalue weighted by atomic mass is 10.2. The van der Waals surface area contributed by atoms with Crippen LogP contribution in [0.3, 0.4) is 0 Å². The molecule has 0 fully saturated rings. The number of sulfonamides is 1. The maximum atomic E-state index is 12.6. The SMILES string of the molecule is CC(=O)c1ccc(S(=O)(=O)N(C)CC(=O)N(C)Cc2ccccc2)cc1. The van der Waals surface area contributed by atoms with Crippen molar-refractivity contribution in [2.75, 3.05) is 20.6 Å². The van der Waals surface area contributed by atoms with Crippen molar-refractivity contribution in [3.05, 3.63) is 65.7 Å². The molecule has 0 atom stereocenters. The molecule has 0 aromatic heterocycles. The number of likely N-dealkylation sites (N-methyl/N-ethyl adjacent to an activating group) is 2. The van der Waals surface area contributed by atoms with Gasteiger partial charge in [0, 0.05) is 26.2 Å². The normalized spacial score (nSPS) is 11.4. The second-order valence-corrected chi connectivity index (χ2v) is 8.12. The van der Waals surface area contributed by atoms with E-state index in [1.165, 1.54) is 43.1 Å². The van der Waals surface area contributed by atoms with E-state index in [1.54, 1.807) is 7.05 Å². The summed E-state index contributed by atoms with van der Waals surface area (Å²) in [6.45, 7) is 1.55. The van der Waals surface area contributed by atoms with Crippen molar-refractivity contribution >= 4 is 21.7 Å². The van der Waals surface area contributed by atoms with E-state index in [0.29, 0.717) is 12.1 Å². The highest BCUT2D eigenvalue weighted by molar-refractivity contribution is 7.89. The molecule has 2 aromatic carbocycles. The summed E-state index contributed by atoms with van der Waals surface area (Å²) in [5, 5.41) is 0. The summed E-state index contributed by atoms with van der Waals surface area (Å²) < 4.78 is 26.2. The molecular weight excluding hydrogens is 352 g/mol. The smallest absolute Gasteiger partial charge is 0.243 e. The highest BCUT2D eigenvalue weighted by atomic mass is 32.2. The number of carbonyl (C=O) groups is 2. The summed E-state index contributed by atoms with van der Waals surface area (Å²) in [5.41, 5.74) is 1.40. The average Bonchev–Trinajstić information content (AvgIpc) is 2.62. The van der Waals surface area contributed by atoms with E-state index in [0.717, 1.165) is 9.87 Å². The molecule has 0 aliphatic heterocycles. The second kappa shape index (κ2) is 8.25. The van der Waals surface area contributed by atoms with Gasteiger partial charge < -0.3 is 4.90 Å². The van der Waals surface area contributed by atoms with E-state index in [4.69, 9.17) is 0 Å². The summed E-state index contributed by atoms with van der Waals surface area (Å²) in [7, 11) is -0.808. The first-order valence-corrected chi connectivity index (χ1v) is 9.51. The van der Waals surface area contributed by atoms with Gasteiger partial charge in [-0.3, -0.25) is 9.59 Å². The number of rotatable bonds is 7. The summed E-state index contributed by atoms with van der Waals surface area (Å²) >= 11 is 0. The molecular formula is C19H22N2O4S. The maximum Gasteiger partial charge on any atom is 0.243 e. The van der Waals surface area contributed by atoms with Crippen LogP contribution in [0.5, 0.6) is 0 Å². The minimum absolute atomic E-state index is 0.0449. The molecule has 2 rings (SSSR count). The van der Waals surface area contributed by atoms with Gasteiger partial charge in [0.25, 0.3) is 0 Å². The van der Waals surface area contributed by atoms with Crippen LogP contribution >= 0.6 is 0 Å². The van der Waals surface area contributed by atoms with E-state index < -0.39 is 10.0 Å². The van der Waals surface area contributed by atoms with Gasteiger partial charge in [0.05, 0.1) is 11.4 Å². The van der Waals surface area contributed by atoms with Gasteiger partial charge in [0.2, 0.25) is 15.9 Å². The van der Waals surface area contributed by atoms with Crippen LogP contribution in [0, 0.1) is 0 Å². The molecule has 138 valence electrons. The van der Waals surface area contributed by atoms with Gasteiger partial charge in [-0.2, -0.15) is 4.31 Å². The van der Waals surface area contributed by atoms with Gasteiger partial charge >= 0.3 is 0 Å². The van der Waals surface area contributed by atoms with Crippen LogP contribution in [0.15, 0.2) is 59.5 Å². The van der Waals surface area contributed by atoms with E-state index >= 15 is 0 Å². The molecule has 0 aliphatic rings. The molecule has 0 radical (unpaired) electrons. The van der Waals surface area contributed by atoms with Gasteiger partial charge in [0.1, 0.15) is 0 Å². The Morgan fingerprint density at radius 3 is 2.04 bits per heavy atom. The predicted octanol–water partition coefficient (Wildman–Crippen LogP) is 2.17. The number of amides is 1. The van der Waals surface area contributed by atoms with Crippen molar-refractivity contribution in [2.45, 2.75) is 18.4 Å². The lowest BCUT2D eigenvalue weighted by molar-refractivity contribution is -0.130. The highest BCUT2D eigenvalue weighted by Crippen LogP contribution is 2.16. The van der Waals surface area contributed by atoms with Gasteiger partial charge in [-0.15, -0.1) is 0 Å². The van der Waals surface area contributed by atoms with Crippen LogP contribution in [0.1, 0.15) is 22.8 Å². The molecule has 7 heteroatoms. The van der Waals surface area contributed by atoms with Gasteiger partial charge in [-0.1, -0.05) is 42.5 Å². The summed E-state index contributed by atoms with van der Waals surface area (Å²) in [6.07, 6.45) is 0. The first-order chi connectivity index (χ1) is 12.2. The molecule has 0 N–H and O–H groups in total. The van der Waals surface area contributed by atoms with Crippen LogP contribution < -0.4 is 0 Å². The standard InChI is InChI=1S/C19H22N2O4S/c1-15(22)17-9-11-18(12-10-17)26(24,25)21(3)14-19(23)20(2)13-16-7-5-4-6-8-16/h4-12H,13-14H2,1-3H3. The van der Waals surface area contributed by atoms with Crippen molar-refractivity contribution in [2.24, 2.45) is 0 Å². The number of carbonyl (C=O) groups excluding carboxylic acids is 2. The van der Waals surface area contributed by atoms with E-state index in [2.05, 4.69) is 0 Å². The van der Waals surface area contributed by atoms with E-state index in [9.17, 15) is 18.0 Å². The number of nitrogens with zero attached hydrogens (tertiary/aromatic N) is 2. The van der Waals surface area contributed by atoms with Crippen LogP contribution in [0.2, 0.25) is 0 Å². The number of ketones is 1. The number of hydrogen-bond acceptors (Lipinski definition) is 4. The topological polar surface area (TPSA) is 74.8 Å². The first kappa shape index (κ1) is 19.8. The summed E-state index contributed by atoms with van der Waals surface area (Å²) in [6, 6.07) is 15.1. The third-order valence-electron chi connectivity index (χ3n) is 4.02. The van der Waals surface area contributed by atoms with E-state index in [1.807, 2.05) is 30.3 Å². The third-order valence-corrected chi connectivity index (χ3v) is 5.83. The number of Topliss-reactive ketones (excluding diaryl/α,β-unsaturated/α-hetero) is 1. The molecule has 26 heavy (non-hydrogen) atoms. The Hall–Kier alpha value is -2.51. The first-order valence-electron chi connectivity index (χ1n) is 8.07. The Morgan fingerprint density at radius 2 is 1.50 bits per heavy atom. The molecule has 1 amide bonds. The third kappa shape index (κ3) is 4.77. The van der Waals surface area contributed by atoms with Crippen LogP contribution in [0.25, 0.3) is 0 Å². The van der Waals surface area contributed by atoms with Gasteiger partial charge in [-0.05, 0) is 24.6 Å². The van der Waals surface area contributed by atoms with Crippen LogP contribution in [-0.4, -0.2) is 50.0 Å². The van der Waals surface area contributed by atoms with Crippen molar-refractivity contribution in [3.63, 3.8) is 0 Å². The predicted molar refractivity (Wildman–Crippen MR) is 99.2 cm³/mol. The molecule has 2 aromatic rings. The molecule has 0 unspecified atom stereocenters. The van der Waals surface area contributed by atoms with Crippen molar-refractivity contribution in [3.8, 4) is 0 Å². The van der Waals surface area contributed by atoms with Crippen LogP contribution in [0.4, 0.5) is 0 Å². The molecule has 6 nitrogen and oxygen atoms in total. The zero-order chi connectivity index (χ0) is 19.3.